The van der Waals surface area contributed by atoms with Gasteiger partial charge in [-0.1, -0.05) is 6.92 Å². The highest BCUT2D eigenvalue weighted by Crippen LogP contribution is 2.18. The third-order valence-corrected chi connectivity index (χ3v) is 3.25. The van der Waals surface area contributed by atoms with Crippen LogP contribution in [0.15, 0.2) is 30.0 Å². The summed E-state index contributed by atoms with van der Waals surface area (Å²) in [6.07, 6.45) is 3.95. The van der Waals surface area contributed by atoms with Crippen molar-refractivity contribution in [1.29, 1.82) is 0 Å². The molecule has 0 aromatic carbocycles. The molecule has 17 heavy (non-hydrogen) atoms. The minimum absolute atomic E-state index is 0.112. The maximum absolute atomic E-state index is 12.8. The summed E-state index contributed by atoms with van der Waals surface area (Å²) in [4.78, 5) is 9.37. The van der Waals surface area contributed by atoms with E-state index in [1.54, 1.807) is 17.4 Å². The van der Waals surface area contributed by atoms with Crippen molar-refractivity contribution in [2.75, 3.05) is 6.54 Å². The molecule has 2 rings (SSSR count). The van der Waals surface area contributed by atoms with E-state index >= 15 is 0 Å². The molecule has 2 aromatic rings. The fraction of sp³-hybridized carbons (Fsp3) is 0.333. The van der Waals surface area contributed by atoms with Crippen molar-refractivity contribution in [2.45, 2.75) is 19.4 Å². The Bertz CT molecular complexity index is 441. The van der Waals surface area contributed by atoms with Gasteiger partial charge in [-0.2, -0.15) is 0 Å². The van der Waals surface area contributed by atoms with E-state index in [9.17, 15) is 4.39 Å². The lowest BCUT2D eigenvalue weighted by molar-refractivity contribution is 0.534. The van der Waals surface area contributed by atoms with Crippen LogP contribution in [0.5, 0.6) is 0 Å². The molecular formula is C12H14FN3S. The van der Waals surface area contributed by atoms with E-state index in [2.05, 4.69) is 15.3 Å². The molecule has 0 aliphatic heterocycles. The maximum atomic E-state index is 12.8. The summed E-state index contributed by atoms with van der Waals surface area (Å²) in [6, 6.07) is 3.28. The summed E-state index contributed by atoms with van der Waals surface area (Å²) in [5.74, 6) is -0.304. The first-order chi connectivity index (χ1) is 8.29. The van der Waals surface area contributed by atoms with E-state index in [0.717, 1.165) is 18.7 Å². The highest BCUT2D eigenvalue weighted by Gasteiger charge is 2.13. The standard InChI is InChI=1S/C12H14FN3S/c1-2-15-12(5-10-7-14-8-17-10)11-4-3-9(13)6-16-11/h3-4,6-8,12,15H,2,5H2,1H3. The van der Waals surface area contributed by atoms with Crippen LogP contribution in [0, 0.1) is 5.82 Å². The SMILES string of the molecule is CCNC(Cc1cncs1)c1ccc(F)cn1. The fourth-order valence-electron chi connectivity index (χ4n) is 1.67. The van der Waals surface area contributed by atoms with Crippen molar-refractivity contribution in [3.63, 3.8) is 0 Å². The Morgan fingerprint density at radius 1 is 1.41 bits per heavy atom. The zero-order valence-electron chi connectivity index (χ0n) is 9.56. The third kappa shape index (κ3) is 3.31. The van der Waals surface area contributed by atoms with Gasteiger partial charge in [0.25, 0.3) is 0 Å². The number of likely N-dealkylation sites (N-methyl/N-ethyl adjacent to an activating group) is 1. The molecule has 0 aliphatic rings. The number of hydrogen-bond acceptors (Lipinski definition) is 4. The minimum atomic E-state index is -0.304. The molecule has 3 nitrogen and oxygen atoms in total. The summed E-state index contributed by atoms with van der Waals surface area (Å²) in [6.45, 7) is 2.89. The van der Waals surface area contributed by atoms with Crippen molar-refractivity contribution in [3.8, 4) is 0 Å². The van der Waals surface area contributed by atoms with Gasteiger partial charge in [-0.15, -0.1) is 11.3 Å². The van der Waals surface area contributed by atoms with Crippen molar-refractivity contribution in [2.24, 2.45) is 0 Å². The topological polar surface area (TPSA) is 37.8 Å². The fourth-order valence-corrected chi connectivity index (χ4v) is 2.31. The normalized spacial score (nSPS) is 12.6. The molecule has 0 saturated heterocycles. The Morgan fingerprint density at radius 3 is 2.88 bits per heavy atom. The van der Waals surface area contributed by atoms with E-state index in [-0.39, 0.29) is 11.9 Å². The van der Waals surface area contributed by atoms with Gasteiger partial charge in [0.05, 0.1) is 23.4 Å². The Kier molecular flexibility index (Phi) is 4.17. The van der Waals surface area contributed by atoms with Crippen LogP contribution in [0.3, 0.4) is 0 Å². The van der Waals surface area contributed by atoms with Gasteiger partial charge in [-0.25, -0.2) is 4.39 Å². The van der Waals surface area contributed by atoms with Crippen LogP contribution < -0.4 is 5.32 Å². The van der Waals surface area contributed by atoms with Crippen molar-refractivity contribution in [3.05, 3.63) is 46.4 Å². The first-order valence-electron chi connectivity index (χ1n) is 5.51. The molecule has 2 aromatic heterocycles. The van der Waals surface area contributed by atoms with E-state index in [1.165, 1.54) is 17.1 Å². The zero-order chi connectivity index (χ0) is 12.1. The molecule has 2 heterocycles. The average Bonchev–Trinajstić information content (AvgIpc) is 2.82. The molecule has 0 amide bonds. The summed E-state index contributed by atoms with van der Waals surface area (Å²) < 4.78 is 12.8. The number of halogens is 1. The molecule has 0 spiro atoms. The number of rotatable bonds is 5. The Hall–Kier alpha value is -1.33. The number of aromatic nitrogens is 2. The van der Waals surface area contributed by atoms with Gasteiger partial charge in [0.15, 0.2) is 0 Å². The number of thiazole rings is 1. The first kappa shape index (κ1) is 12.1. The lowest BCUT2D eigenvalue weighted by Gasteiger charge is -2.16. The van der Waals surface area contributed by atoms with Crippen LogP contribution in [-0.4, -0.2) is 16.5 Å². The molecule has 1 unspecified atom stereocenters. The number of pyridine rings is 1. The van der Waals surface area contributed by atoms with Crippen LogP contribution in [-0.2, 0) is 6.42 Å². The lowest BCUT2D eigenvalue weighted by Crippen LogP contribution is -2.23. The van der Waals surface area contributed by atoms with Gasteiger partial charge in [0.2, 0.25) is 0 Å². The van der Waals surface area contributed by atoms with Crippen LogP contribution in [0.1, 0.15) is 23.5 Å². The van der Waals surface area contributed by atoms with Crippen LogP contribution >= 0.6 is 11.3 Å². The van der Waals surface area contributed by atoms with Gasteiger partial charge in [-0.05, 0) is 18.7 Å². The molecule has 1 atom stereocenters. The second-order valence-corrected chi connectivity index (χ2v) is 4.65. The predicted octanol–water partition coefficient (Wildman–Crippen LogP) is 2.57. The summed E-state index contributed by atoms with van der Waals surface area (Å²) >= 11 is 1.62. The van der Waals surface area contributed by atoms with Crippen LogP contribution in [0.4, 0.5) is 4.39 Å². The van der Waals surface area contributed by atoms with Gasteiger partial charge in [0, 0.05) is 17.5 Å². The predicted molar refractivity (Wildman–Crippen MR) is 66.4 cm³/mol. The molecular weight excluding hydrogens is 237 g/mol. The van der Waals surface area contributed by atoms with Crippen LogP contribution in [0.25, 0.3) is 0 Å². The van der Waals surface area contributed by atoms with E-state index in [0.29, 0.717) is 0 Å². The minimum Gasteiger partial charge on any atom is -0.309 e. The Balaban J connectivity index is 2.13. The van der Waals surface area contributed by atoms with Gasteiger partial charge in [0.1, 0.15) is 5.82 Å². The second kappa shape index (κ2) is 5.84. The molecule has 0 fully saturated rings. The molecule has 0 radical (unpaired) electrons. The zero-order valence-corrected chi connectivity index (χ0v) is 10.4. The Labute approximate surface area is 104 Å². The van der Waals surface area contributed by atoms with E-state index in [4.69, 9.17) is 0 Å². The highest BCUT2D eigenvalue weighted by atomic mass is 32.1. The highest BCUT2D eigenvalue weighted by molar-refractivity contribution is 7.09. The summed E-state index contributed by atoms with van der Waals surface area (Å²) in [5, 5.41) is 3.35. The molecule has 5 heteroatoms. The molecule has 0 bridgehead atoms. The lowest BCUT2D eigenvalue weighted by atomic mass is 10.1. The van der Waals surface area contributed by atoms with E-state index in [1.807, 2.05) is 18.6 Å². The largest absolute Gasteiger partial charge is 0.309 e. The number of hydrogen-bond donors (Lipinski definition) is 1. The average molecular weight is 251 g/mol. The molecule has 0 saturated carbocycles. The second-order valence-electron chi connectivity index (χ2n) is 3.68. The quantitative estimate of drug-likeness (QED) is 0.887. The molecule has 0 aliphatic carbocycles. The smallest absolute Gasteiger partial charge is 0.141 e. The van der Waals surface area contributed by atoms with Crippen molar-refractivity contribution < 1.29 is 4.39 Å². The summed E-state index contributed by atoms with van der Waals surface area (Å²) in [5.41, 5.74) is 2.68. The maximum Gasteiger partial charge on any atom is 0.141 e. The van der Waals surface area contributed by atoms with Gasteiger partial charge < -0.3 is 5.32 Å². The van der Waals surface area contributed by atoms with Crippen molar-refractivity contribution >= 4 is 11.3 Å². The molecule has 90 valence electrons. The number of nitrogens with zero attached hydrogens (tertiary/aromatic N) is 2. The Morgan fingerprint density at radius 2 is 2.29 bits per heavy atom. The number of nitrogens with one attached hydrogen (secondary N) is 1. The van der Waals surface area contributed by atoms with Gasteiger partial charge in [-0.3, -0.25) is 9.97 Å². The summed E-state index contributed by atoms with van der Waals surface area (Å²) in [7, 11) is 0. The first-order valence-corrected chi connectivity index (χ1v) is 6.39. The monoisotopic (exact) mass is 251 g/mol. The third-order valence-electron chi connectivity index (χ3n) is 2.45. The van der Waals surface area contributed by atoms with E-state index < -0.39 is 0 Å². The van der Waals surface area contributed by atoms with Crippen LogP contribution in [0.2, 0.25) is 0 Å². The van der Waals surface area contributed by atoms with Gasteiger partial charge >= 0.3 is 0 Å². The molecule has 1 N–H and O–H groups in total. The van der Waals surface area contributed by atoms with Crippen molar-refractivity contribution in [1.82, 2.24) is 15.3 Å².